The third-order valence-electron chi connectivity index (χ3n) is 2.12. The molecule has 1 aromatic carbocycles. The lowest BCUT2D eigenvalue weighted by atomic mass is 10.0. The van der Waals surface area contributed by atoms with E-state index in [0.29, 0.717) is 5.92 Å². The molecule has 0 fully saturated rings. The molecule has 0 bridgehead atoms. The lowest BCUT2D eigenvalue weighted by Gasteiger charge is -2.12. The Kier molecular flexibility index (Phi) is 7.24. The molecule has 0 heterocycles. The highest BCUT2D eigenvalue weighted by molar-refractivity contribution is 9.10. The van der Waals surface area contributed by atoms with Gasteiger partial charge in [-0.05, 0) is 30.2 Å². The second-order valence-electron chi connectivity index (χ2n) is 3.26. The van der Waals surface area contributed by atoms with Crippen LogP contribution in [0.15, 0.2) is 28.7 Å². The van der Waals surface area contributed by atoms with Gasteiger partial charge in [0, 0.05) is 11.0 Å². The second-order valence-corrected chi connectivity index (χ2v) is 4.18. The van der Waals surface area contributed by atoms with Gasteiger partial charge in [-0.1, -0.05) is 41.9 Å². The van der Waals surface area contributed by atoms with E-state index in [1.54, 1.807) is 0 Å². The molecule has 0 aliphatic heterocycles. The first-order chi connectivity index (χ1) is 6.24. The van der Waals surface area contributed by atoms with E-state index < -0.39 is 0 Å². The molecule has 1 N–H and O–H groups in total. The van der Waals surface area contributed by atoms with Crippen LogP contribution in [0.4, 0.5) is 0 Å². The molecule has 1 atom stereocenters. The Bertz CT molecular complexity index is 265. The van der Waals surface area contributed by atoms with Crippen LogP contribution >= 0.6 is 28.3 Å². The summed E-state index contributed by atoms with van der Waals surface area (Å²) in [5, 5.41) is 3.35. The minimum atomic E-state index is 0. The molecule has 1 nitrogen and oxygen atoms in total. The van der Waals surface area contributed by atoms with E-state index in [4.69, 9.17) is 0 Å². The number of likely N-dealkylation sites (N-methyl/N-ethyl adjacent to an activating group) is 1. The number of halogens is 2. The van der Waals surface area contributed by atoms with Gasteiger partial charge in [0.1, 0.15) is 0 Å². The zero-order valence-corrected chi connectivity index (χ0v) is 11.0. The number of hydrogen-bond donors (Lipinski definition) is 1. The standard InChI is InChI=1S/C11H16BrN.ClH/c1-3-13-8-9(2)10-5-4-6-11(12)7-10;/h4-7,9,13H,3,8H2,1-2H3;1H. The van der Waals surface area contributed by atoms with Crippen LogP contribution in [0.2, 0.25) is 0 Å². The molecule has 0 aliphatic carbocycles. The number of rotatable bonds is 4. The van der Waals surface area contributed by atoms with Gasteiger partial charge in [0.15, 0.2) is 0 Å². The topological polar surface area (TPSA) is 12.0 Å². The maximum atomic E-state index is 3.48. The molecule has 0 saturated carbocycles. The molecule has 1 rings (SSSR count). The van der Waals surface area contributed by atoms with Gasteiger partial charge >= 0.3 is 0 Å². The van der Waals surface area contributed by atoms with Crippen LogP contribution in [0.1, 0.15) is 25.3 Å². The summed E-state index contributed by atoms with van der Waals surface area (Å²) < 4.78 is 1.16. The maximum Gasteiger partial charge on any atom is 0.0178 e. The predicted octanol–water partition coefficient (Wildman–Crippen LogP) is 3.58. The van der Waals surface area contributed by atoms with Crippen LogP contribution in [0, 0.1) is 0 Å². The van der Waals surface area contributed by atoms with E-state index in [1.807, 2.05) is 0 Å². The Morgan fingerprint density at radius 3 is 2.71 bits per heavy atom. The van der Waals surface area contributed by atoms with Crippen molar-refractivity contribution >= 4 is 28.3 Å². The van der Waals surface area contributed by atoms with E-state index in [-0.39, 0.29) is 12.4 Å². The summed E-state index contributed by atoms with van der Waals surface area (Å²) in [7, 11) is 0. The monoisotopic (exact) mass is 277 g/mol. The van der Waals surface area contributed by atoms with Gasteiger partial charge < -0.3 is 5.32 Å². The largest absolute Gasteiger partial charge is 0.316 e. The molecule has 0 aliphatic rings. The molecule has 0 aromatic heterocycles. The molecule has 0 saturated heterocycles. The summed E-state index contributed by atoms with van der Waals surface area (Å²) in [6.45, 7) is 6.46. The lowest BCUT2D eigenvalue weighted by molar-refractivity contribution is 0.635. The van der Waals surface area contributed by atoms with Crippen molar-refractivity contribution in [2.75, 3.05) is 13.1 Å². The Morgan fingerprint density at radius 2 is 2.14 bits per heavy atom. The molecule has 1 aromatic rings. The van der Waals surface area contributed by atoms with Gasteiger partial charge in [-0.3, -0.25) is 0 Å². The number of benzene rings is 1. The summed E-state index contributed by atoms with van der Waals surface area (Å²) in [4.78, 5) is 0. The normalized spacial score (nSPS) is 11.9. The van der Waals surface area contributed by atoms with Crippen molar-refractivity contribution < 1.29 is 0 Å². The van der Waals surface area contributed by atoms with Gasteiger partial charge in [0.2, 0.25) is 0 Å². The highest BCUT2D eigenvalue weighted by Gasteiger charge is 2.03. The van der Waals surface area contributed by atoms with Gasteiger partial charge in [-0.15, -0.1) is 12.4 Å². The van der Waals surface area contributed by atoms with Crippen LogP contribution in [0.3, 0.4) is 0 Å². The smallest absolute Gasteiger partial charge is 0.0178 e. The fourth-order valence-corrected chi connectivity index (χ4v) is 1.71. The molecule has 0 amide bonds. The van der Waals surface area contributed by atoms with E-state index >= 15 is 0 Å². The van der Waals surface area contributed by atoms with Crippen molar-refractivity contribution in [2.45, 2.75) is 19.8 Å². The van der Waals surface area contributed by atoms with Crippen molar-refractivity contribution in [3.05, 3.63) is 34.3 Å². The summed E-state index contributed by atoms with van der Waals surface area (Å²) in [6.07, 6.45) is 0. The quantitative estimate of drug-likeness (QED) is 0.887. The second kappa shape index (κ2) is 7.27. The molecule has 0 radical (unpaired) electrons. The zero-order valence-electron chi connectivity index (χ0n) is 8.59. The molecular weight excluding hydrogens is 261 g/mol. The molecule has 3 heteroatoms. The summed E-state index contributed by atoms with van der Waals surface area (Å²) in [5.41, 5.74) is 1.38. The summed E-state index contributed by atoms with van der Waals surface area (Å²) in [5.74, 6) is 0.581. The molecule has 80 valence electrons. The third-order valence-corrected chi connectivity index (χ3v) is 2.61. The Morgan fingerprint density at radius 1 is 1.43 bits per heavy atom. The summed E-state index contributed by atoms with van der Waals surface area (Å²) in [6, 6.07) is 8.50. The summed E-state index contributed by atoms with van der Waals surface area (Å²) >= 11 is 3.48. The first-order valence-electron chi connectivity index (χ1n) is 4.70. The SMILES string of the molecule is CCNCC(C)c1cccc(Br)c1.Cl. The number of nitrogens with one attached hydrogen (secondary N) is 1. The van der Waals surface area contributed by atoms with Crippen LogP contribution in [0.5, 0.6) is 0 Å². The minimum Gasteiger partial charge on any atom is -0.316 e. The zero-order chi connectivity index (χ0) is 9.68. The van der Waals surface area contributed by atoms with E-state index in [9.17, 15) is 0 Å². The molecular formula is C11H17BrClN. The van der Waals surface area contributed by atoms with E-state index in [0.717, 1.165) is 17.6 Å². The Balaban J connectivity index is 0.00000169. The van der Waals surface area contributed by atoms with Gasteiger partial charge in [-0.25, -0.2) is 0 Å². The molecule has 1 unspecified atom stereocenters. The molecule has 0 spiro atoms. The Labute approximate surface area is 101 Å². The van der Waals surface area contributed by atoms with E-state index in [1.165, 1.54) is 5.56 Å². The van der Waals surface area contributed by atoms with Crippen molar-refractivity contribution in [1.29, 1.82) is 0 Å². The van der Waals surface area contributed by atoms with Crippen LogP contribution in [0.25, 0.3) is 0 Å². The van der Waals surface area contributed by atoms with Crippen molar-refractivity contribution in [1.82, 2.24) is 5.32 Å². The fourth-order valence-electron chi connectivity index (χ4n) is 1.29. The van der Waals surface area contributed by atoms with Crippen molar-refractivity contribution in [2.24, 2.45) is 0 Å². The third kappa shape index (κ3) is 4.45. The van der Waals surface area contributed by atoms with Gasteiger partial charge in [0.25, 0.3) is 0 Å². The fraction of sp³-hybridized carbons (Fsp3) is 0.455. The number of hydrogen-bond acceptors (Lipinski definition) is 1. The van der Waals surface area contributed by atoms with Crippen LogP contribution in [-0.2, 0) is 0 Å². The average molecular weight is 279 g/mol. The Hall–Kier alpha value is -0.0500. The van der Waals surface area contributed by atoms with Gasteiger partial charge in [0.05, 0.1) is 0 Å². The van der Waals surface area contributed by atoms with Crippen LogP contribution < -0.4 is 5.32 Å². The average Bonchev–Trinajstić information content (AvgIpc) is 2.14. The highest BCUT2D eigenvalue weighted by atomic mass is 79.9. The maximum absolute atomic E-state index is 3.48. The van der Waals surface area contributed by atoms with Crippen LogP contribution in [-0.4, -0.2) is 13.1 Å². The first-order valence-corrected chi connectivity index (χ1v) is 5.49. The molecule has 14 heavy (non-hydrogen) atoms. The predicted molar refractivity (Wildman–Crippen MR) is 68.3 cm³/mol. The van der Waals surface area contributed by atoms with Crippen molar-refractivity contribution in [3.8, 4) is 0 Å². The first kappa shape index (κ1) is 13.9. The highest BCUT2D eigenvalue weighted by Crippen LogP contribution is 2.18. The minimum absolute atomic E-state index is 0. The van der Waals surface area contributed by atoms with E-state index in [2.05, 4.69) is 59.4 Å². The van der Waals surface area contributed by atoms with Crippen molar-refractivity contribution in [3.63, 3.8) is 0 Å². The lowest BCUT2D eigenvalue weighted by Crippen LogP contribution is -2.19. The van der Waals surface area contributed by atoms with Gasteiger partial charge in [-0.2, -0.15) is 0 Å².